The smallest absolute Gasteiger partial charge is 0.0221 e. The van der Waals surface area contributed by atoms with Crippen LogP contribution in [0.5, 0.6) is 0 Å². The van der Waals surface area contributed by atoms with Crippen LogP contribution in [-0.4, -0.2) is 48.1 Å². The first-order valence-corrected chi connectivity index (χ1v) is 7.91. The molecular formula is C13H26N2S. The number of nitrogens with zero attached hydrogens (tertiary/aromatic N) is 1. The Hall–Kier alpha value is 0.270. The monoisotopic (exact) mass is 242 g/mol. The van der Waals surface area contributed by atoms with Crippen molar-refractivity contribution in [1.29, 1.82) is 0 Å². The minimum absolute atomic E-state index is 0.727. The normalized spacial score (nSPS) is 34.1. The average Bonchev–Trinajstić information content (AvgIpc) is 2.81. The van der Waals surface area contributed by atoms with Crippen LogP contribution >= 0.6 is 11.8 Å². The molecule has 0 spiro atoms. The molecule has 0 aromatic carbocycles. The predicted octanol–water partition coefficient (Wildman–Crippen LogP) is 2.20. The third kappa shape index (κ3) is 3.38. The van der Waals surface area contributed by atoms with Crippen LogP contribution in [-0.2, 0) is 0 Å². The maximum atomic E-state index is 3.68. The van der Waals surface area contributed by atoms with E-state index in [1.807, 2.05) is 0 Å². The molecule has 0 aromatic rings. The summed E-state index contributed by atoms with van der Waals surface area (Å²) >= 11 is 2.19. The highest BCUT2D eigenvalue weighted by atomic mass is 32.2. The van der Waals surface area contributed by atoms with Gasteiger partial charge >= 0.3 is 0 Å². The molecule has 2 nitrogen and oxygen atoms in total. The van der Waals surface area contributed by atoms with E-state index >= 15 is 0 Å². The summed E-state index contributed by atoms with van der Waals surface area (Å²) in [4.78, 5) is 2.69. The minimum Gasteiger partial charge on any atom is -0.311 e. The molecule has 2 aliphatic heterocycles. The highest BCUT2D eigenvalue weighted by Crippen LogP contribution is 2.27. The van der Waals surface area contributed by atoms with Crippen molar-refractivity contribution in [3.63, 3.8) is 0 Å². The van der Waals surface area contributed by atoms with Crippen molar-refractivity contribution in [2.75, 3.05) is 31.9 Å². The lowest BCUT2D eigenvalue weighted by molar-refractivity contribution is 0.169. The fourth-order valence-corrected chi connectivity index (χ4v) is 4.07. The zero-order chi connectivity index (χ0) is 11.4. The van der Waals surface area contributed by atoms with Gasteiger partial charge in [0.2, 0.25) is 0 Å². The first-order valence-electron chi connectivity index (χ1n) is 6.87. The van der Waals surface area contributed by atoms with Gasteiger partial charge in [-0.3, -0.25) is 4.90 Å². The van der Waals surface area contributed by atoms with E-state index in [9.17, 15) is 0 Å². The van der Waals surface area contributed by atoms with Crippen molar-refractivity contribution in [3.05, 3.63) is 0 Å². The van der Waals surface area contributed by atoms with Gasteiger partial charge in [-0.05, 0) is 24.5 Å². The number of hydrogen-bond acceptors (Lipinski definition) is 3. The molecule has 0 amide bonds. The summed E-state index contributed by atoms with van der Waals surface area (Å²) in [6.45, 7) is 9.73. The molecule has 0 saturated carbocycles. The molecule has 3 heteroatoms. The number of thioether (sulfide) groups is 1. The van der Waals surface area contributed by atoms with E-state index in [0.29, 0.717) is 0 Å². The number of nitrogens with one attached hydrogen (secondary N) is 1. The Morgan fingerprint density at radius 2 is 2.38 bits per heavy atom. The van der Waals surface area contributed by atoms with Crippen molar-refractivity contribution in [2.24, 2.45) is 5.92 Å². The van der Waals surface area contributed by atoms with Crippen molar-refractivity contribution in [3.8, 4) is 0 Å². The summed E-state index contributed by atoms with van der Waals surface area (Å²) in [5.41, 5.74) is 0. The topological polar surface area (TPSA) is 15.3 Å². The van der Waals surface area contributed by atoms with Crippen LogP contribution in [0.2, 0.25) is 0 Å². The average molecular weight is 242 g/mol. The van der Waals surface area contributed by atoms with Crippen molar-refractivity contribution in [1.82, 2.24) is 10.2 Å². The molecule has 2 heterocycles. The second kappa shape index (κ2) is 6.27. The van der Waals surface area contributed by atoms with Crippen LogP contribution in [0.15, 0.2) is 0 Å². The van der Waals surface area contributed by atoms with E-state index < -0.39 is 0 Å². The third-order valence-corrected chi connectivity index (χ3v) is 5.49. The first-order chi connectivity index (χ1) is 7.79. The molecule has 2 aliphatic rings. The molecule has 0 radical (unpaired) electrons. The lowest BCUT2D eigenvalue weighted by Crippen LogP contribution is -2.54. The Morgan fingerprint density at radius 3 is 3.06 bits per heavy atom. The molecule has 3 atom stereocenters. The molecule has 2 saturated heterocycles. The van der Waals surface area contributed by atoms with Crippen molar-refractivity contribution < 1.29 is 0 Å². The van der Waals surface area contributed by atoms with Gasteiger partial charge in [0.05, 0.1) is 0 Å². The number of hydrogen-bond donors (Lipinski definition) is 1. The predicted molar refractivity (Wildman–Crippen MR) is 73.2 cm³/mol. The van der Waals surface area contributed by atoms with E-state index in [4.69, 9.17) is 0 Å². The van der Waals surface area contributed by atoms with Crippen molar-refractivity contribution in [2.45, 2.75) is 44.4 Å². The Labute approximate surface area is 105 Å². The summed E-state index contributed by atoms with van der Waals surface area (Å²) < 4.78 is 0. The molecule has 2 rings (SSSR count). The van der Waals surface area contributed by atoms with Crippen LogP contribution < -0.4 is 5.32 Å². The van der Waals surface area contributed by atoms with E-state index in [1.165, 1.54) is 51.2 Å². The molecule has 0 aromatic heterocycles. The van der Waals surface area contributed by atoms with Crippen LogP contribution in [0.3, 0.4) is 0 Å². The SMILES string of the molecule is CCC(C)C1CN(CC2CCCS2)CCN1. The maximum absolute atomic E-state index is 3.68. The lowest BCUT2D eigenvalue weighted by Gasteiger charge is -2.37. The highest BCUT2D eigenvalue weighted by molar-refractivity contribution is 8.00. The summed E-state index contributed by atoms with van der Waals surface area (Å²) in [6.07, 6.45) is 4.18. The van der Waals surface area contributed by atoms with Crippen LogP contribution in [0, 0.1) is 5.92 Å². The van der Waals surface area contributed by atoms with Gasteiger partial charge in [-0.2, -0.15) is 11.8 Å². The van der Waals surface area contributed by atoms with Gasteiger partial charge < -0.3 is 5.32 Å². The minimum atomic E-state index is 0.727. The molecule has 94 valence electrons. The van der Waals surface area contributed by atoms with Gasteiger partial charge in [0.15, 0.2) is 0 Å². The quantitative estimate of drug-likeness (QED) is 0.814. The summed E-state index contributed by atoms with van der Waals surface area (Å²) in [6, 6.07) is 0.727. The van der Waals surface area contributed by atoms with E-state index in [0.717, 1.165) is 17.2 Å². The Morgan fingerprint density at radius 1 is 1.50 bits per heavy atom. The Kier molecular flexibility index (Phi) is 4.98. The van der Waals surface area contributed by atoms with Gasteiger partial charge in [-0.1, -0.05) is 20.3 Å². The zero-order valence-corrected chi connectivity index (χ0v) is 11.6. The highest BCUT2D eigenvalue weighted by Gasteiger charge is 2.26. The van der Waals surface area contributed by atoms with Gasteiger partial charge in [0.25, 0.3) is 0 Å². The van der Waals surface area contributed by atoms with Gasteiger partial charge in [-0.15, -0.1) is 0 Å². The fraction of sp³-hybridized carbons (Fsp3) is 1.00. The molecule has 3 unspecified atom stereocenters. The number of piperazine rings is 1. The lowest BCUT2D eigenvalue weighted by atomic mass is 9.97. The maximum Gasteiger partial charge on any atom is 0.0221 e. The third-order valence-electron chi connectivity index (χ3n) is 4.11. The Balaban J connectivity index is 1.77. The molecule has 0 bridgehead atoms. The largest absolute Gasteiger partial charge is 0.311 e. The Bertz CT molecular complexity index is 204. The zero-order valence-electron chi connectivity index (χ0n) is 10.7. The first kappa shape index (κ1) is 12.7. The second-order valence-corrected chi connectivity index (χ2v) is 6.75. The molecule has 1 N–H and O–H groups in total. The molecule has 2 fully saturated rings. The van der Waals surface area contributed by atoms with Crippen LogP contribution in [0.25, 0.3) is 0 Å². The van der Waals surface area contributed by atoms with Gasteiger partial charge in [0, 0.05) is 37.5 Å². The van der Waals surface area contributed by atoms with Gasteiger partial charge in [-0.25, -0.2) is 0 Å². The van der Waals surface area contributed by atoms with Crippen LogP contribution in [0.4, 0.5) is 0 Å². The number of rotatable bonds is 4. The molecule has 16 heavy (non-hydrogen) atoms. The van der Waals surface area contributed by atoms with E-state index in [2.05, 4.69) is 35.8 Å². The van der Waals surface area contributed by atoms with Crippen molar-refractivity contribution >= 4 is 11.8 Å². The molecule has 0 aliphatic carbocycles. The van der Waals surface area contributed by atoms with Crippen LogP contribution in [0.1, 0.15) is 33.1 Å². The van der Waals surface area contributed by atoms with E-state index in [1.54, 1.807) is 0 Å². The summed E-state index contributed by atoms with van der Waals surface area (Å²) in [5, 5.41) is 4.60. The standard InChI is InChI=1S/C13H26N2S/c1-3-11(2)13-10-15(7-6-14-13)9-12-5-4-8-16-12/h11-14H,3-10H2,1-2H3. The second-order valence-electron chi connectivity index (χ2n) is 5.34. The summed E-state index contributed by atoms with van der Waals surface area (Å²) in [5.74, 6) is 2.21. The molecular weight excluding hydrogens is 216 g/mol. The van der Waals surface area contributed by atoms with Gasteiger partial charge in [0.1, 0.15) is 0 Å². The summed E-state index contributed by atoms with van der Waals surface area (Å²) in [7, 11) is 0. The van der Waals surface area contributed by atoms with E-state index in [-0.39, 0.29) is 0 Å². The fourth-order valence-electron chi connectivity index (χ4n) is 2.75.